The molecule has 5 aromatic rings. The predicted octanol–water partition coefficient (Wildman–Crippen LogP) is 7.57. The lowest BCUT2D eigenvalue weighted by Gasteiger charge is -2.44. The number of aryl methyl sites for hydroxylation is 2. The third-order valence-electron chi connectivity index (χ3n) is 9.44. The molecule has 0 amide bonds. The summed E-state index contributed by atoms with van der Waals surface area (Å²) in [7, 11) is 0. The Labute approximate surface area is 319 Å². The molecule has 0 radical (unpaired) electrons. The zero-order valence-electron chi connectivity index (χ0n) is 30.0. The molecule has 0 spiro atoms. The van der Waals surface area contributed by atoms with Gasteiger partial charge in [-0.25, -0.2) is 87.8 Å². The van der Waals surface area contributed by atoms with Gasteiger partial charge < -0.3 is 4.90 Å². The smallest absolute Gasteiger partial charge is 0.200 e. The van der Waals surface area contributed by atoms with Gasteiger partial charge in [-0.3, -0.25) is 0 Å². The summed E-state index contributed by atoms with van der Waals surface area (Å²) >= 11 is 0. The van der Waals surface area contributed by atoms with Crippen molar-refractivity contribution in [2.75, 3.05) is 13.1 Å². The van der Waals surface area contributed by atoms with Gasteiger partial charge >= 0.3 is 0 Å². The molecule has 0 saturated carbocycles. The maximum absolute atomic E-state index is 15.4. The van der Waals surface area contributed by atoms with Crippen molar-refractivity contribution in [2.45, 2.75) is 34.2 Å². The Morgan fingerprint density at radius 2 is 0.508 bits per heavy atom. The van der Waals surface area contributed by atoms with Gasteiger partial charge in [0, 0.05) is 5.56 Å². The van der Waals surface area contributed by atoms with E-state index in [0.29, 0.717) is 0 Å². The van der Waals surface area contributed by atoms with Gasteiger partial charge in [-0.1, -0.05) is 29.3 Å². The summed E-state index contributed by atoms with van der Waals surface area (Å²) < 4.78 is 294. The Kier molecular flexibility index (Phi) is 13.5. The van der Waals surface area contributed by atoms with Crippen molar-refractivity contribution in [3.8, 4) is 0 Å². The Hall–Kier alpha value is -5.28. The summed E-state index contributed by atoms with van der Waals surface area (Å²) in [5.74, 6) is -71.4. The third kappa shape index (κ3) is 7.47. The average molecular weight is 871 g/mol. The van der Waals surface area contributed by atoms with Crippen LogP contribution in [0.5, 0.6) is 0 Å². The van der Waals surface area contributed by atoms with E-state index >= 15 is 35.1 Å². The quantitative estimate of drug-likeness (QED) is 0.0711. The van der Waals surface area contributed by atoms with Crippen molar-refractivity contribution in [1.82, 2.24) is 0 Å². The molecule has 0 saturated heterocycles. The van der Waals surface area contributed by atoms with Crippen molar-refractivity contribution in [3.63, 3.8) is 0 Å². The highest BCUT2D eigenvalue weighted by Crippen LogP contribution is 2.30. The first-order valence-corrected chi connectivity index (χ1v) is 16.5. The minimum atomic E-state index is -7.22. The highest BCUT2D eigenvalue weighted by atomic mass is 19.2. The van der Waals surface area contributed by atoms with E-state index in [2.05, 4.69) is 45.9 Å². The van der Waals surface area contributed by atoms with E-state index in [1.54, 1.807) is 4.90 Å². The predicted molar refractivity (Wildman–Crippen MR) is 171 cm³/mol. The number of benzene rings is 5. The molecule has 0 aliphatic rings. The second-order valence-electron chi connectivity index (χ2n) is 12.9. The largest absolute Gasteiger partial charge is 0.332 e. The van der Waals surface area contributed by atoms with Crippen LogP contribution in [0.1, 0.15) is 30.5 Å². The molecule has 0 atom stereocenters. The van der Waals surface area contributed by atoms with E-state index in [-0.39, 0.29) is 0 Å². The molecule has 318 valence electrons. The van der Waals surface area contributed by atoms with Gasteiger partial charge in [0.05, 0.1) is 13.1 Å². The van der Waals surface area contributed by atoms with Gasteiger partial charge in [-0.15, -0.1) is 21.9 Å². The highest BCUT2D eigenvalue weighted by Gasteiger charge is 2.52. The molecule has 59 heavy (non-hydrogen) atoms. The molecule has 0 aliphatic carbocycles. The van der Waals surface area contributed by atoms with E-state index < -0.39 is 144 Å². The summed E-state index contributed by atoms with van der Waals surface area (Å²) in [6.45, 7) is 12.4. The van der Waals surface area contributed by atoms with Crippen LogP contribution < -0.4 is 26.8 Å². The second kappa shape index (κ2) is 17.1. The number of quaternary nitrogens is 1. The first-order valence-electron chi connectivity index (χ1n) is 16.5. The molecule has 1 N–H and O–H groups in total. The van der Waals surface area contributed by atoms with E-state index in [0.717, 1.165) is 6.54 Å². The topological polar surface area (TPSA) is 4.44 Å². The molecule has 1 nitrogen and oxygen atoms in total. The lowest BCUT2D eigenvalue weighted by Crippen LogP contribution is -3.10. The fourth-order valence-corrected chi connectivity index (χ4v) is 6.83. The molecule has 5 aromatic carbocycles. The van der Waals surface area contributed by atoms with Crippen molar-refractivity contribution in [2.24, 2.45) is 0 Å². The van der Waals surface area contributed by atoms with Crippen LogP contribution in [0.3, 0.4) is 0 Å². The third-order valence-corrected chi connectivity index (χ3v) is 9.44. The maximum Gasteiger partial charge on any atom is 0.200 e. The number of hydrogen-bond donors (Lipinski definition) is 1. The Morgan fingerprint density at radius 1 is 0.322 bits per heavy atom. The van der Waals surface area contributed by atoms with Crippen LogP contribution in [0.15, 0.2) is 18.2 Å². The summed E-state index contributed by atoms with van der Waals surface area (Å²) in [5.41, 5.74) is -10.1. The van der Waals surface area contributed by atoms with Gasteiger partial charge in [0.2, 0.25) is 0 Å². The fourth-order valence-electron chi connectivity index (χ4n) is 6.83. The molecule has 0 unspecified atom stereocenters. The molecular weight excluding hydrogens is 849 g/mol. The Bertz CT molecular complexity index is 2080. The molecule has 0 heterocycles. The zero-order valence-corrected chi connectivity index (χ0v) is 30.0. The lowest BCUT2D eigenvalue weighted by molar-refractivity contribution is -0.910. The molecule has 5 rings (SSSR count). The van der Waals surface area contributed by atoms with Crippen LogP contribution in [0, 0.1) is 130 Å². The Balaban J connectivity index is 0.000000464. The van der Waals surface area contributed by atoms with E-state index in [4.69, 9.17) is 0 Å². The molecule has 0 bridgehead atoms. The Morgan fingerprint density at radius 3 is 0.695 bits per heavy atom. The highest BCUT2D eigenvalue weighted by molar-refractivity contribution is 7.20. The summed E-state index contributed by atoms with van der Waals surface area (Å²) in [5, 5.41) is 0. The molecular formula is C37H22BF20N. The number of nitrogens with one attached hydrogen (secondary N) is 1. The van der Waals surface area contributed by atoms with E-state index in [9.17, 15) is 52.7 Å². The number of hydrogen-bond acceptors (Lipinski definition) is 0. The van der Waals surface area contributed by atoms with Gasteiger partial charge in [0.15, 0.2) is 69.8 Å². The van der Waals surface area contributed by atoms with Gasteiger partial charge in [0.1, 0.15) is 59.2 Å². The second-order valence-corrected chi connectivity index (χ2v) is 12.9. The van der Waals surface area contributed by atoms with Crippen molar-refractivity contribution in [1.29, 1.82) is 0 Å². The average Bonchev–Trinajstić information content (AvgIpc) is 3.19. The van der Waals surface area contributed by atoms with Crippen molar-refractivity contribution >= 4 is 28.0 Å². The summed E-state index contributed by atoms with van der Waals surface area (Å²) in [6.07, 6.45) is -7.22. The molecule has 0 aliphatic heterocycles. The lowest BCUT2D eigenvalue weighted by atomic mass is 9.12. The first kappa shape index (κ1) is 46.4. The maximum atomic E-state index is 15.4. The van der Waals surface area contributed by atoms with E-state index in [1.165, 1.54) is 29.8 Å². The van der Waals surface area contributed by atoms with Crippen LogP contribution >= 0.6 is 0 Å². The summed E-state index contributed by atoms with van der Waals surface area (Å²) in [6, 6.07) is 6.84. The van der Waals surface area contributed by atoms with Crippen LogP contribution in [0.25, 0.3) is 0 Å². The van der Waals surface area contributed by atoms with Crippen molar-refractivity contribution in [3.05, 3.63) is 151 Å². The van der Waals surface area contributed by atoms with Crippen LogP contribution in [-0.4, -0.2) is 19.2 Å². The van der Waals surface area contributed by atoms with Crippen LogP contribution in [0.2, 0.25) is 0 Å². The van der Waals surface area contributed by atoms with Gasteiger partial charge in [0.25, 0.3) is 0 Å². The summed E-state index contributed by atoms with van der Waals surface area (Å²) in [4.78, 5) is 1.65. The number of halogens is 20. The minimum Gasteiger partial charge on any atom is -0.332 e. The standard InChI is InChI=1S/C24BF20.C13H21N/c26-5-1(6(27)14(35)21(42)13(5)34)25(2-7(28)15(36)22(43)16(37)8(2)29,3-9(30)17(38)23(44)18(39)10(3)31)4-11(32)19(40)24(45)20(41)12(4)33;1-5-14(6-2)10-13-8-11(3)7-12(4)9-13/h;7-9H,5-6,10H2,1-4H3/q-1;/p+1. The monoisotopic (exact) mass is 871 g/mol. The first-order chi connectivity index (χ1) is 27.4. The van der Waals surface area contributed by atoms with Crippen LogP contribution in [0.4, 0.5) is 87.8 Å². The normalized spacial score (nSPS) is 11.7. The van der Waals surface area contributed by atoms with Gasteiger partial charge in [-0.05, 0) is 27.7 Å². The molecule has 22 heteroatoms. The van der Waals surface area contributed by atoms with Gasteiger partial charge in [-0.2, -0.15) is 0 Å². The fraction of sp³-hybridized carbons (Fsp3) is 0.189. The SMILES string of the molecule is CC[NH+](CC)Cc1cc(C)cc(C)c1.Fc1c(F)c(F)c([B-](c2c(F)c(F)c(F)c(F)c2F)(c2c(F)c(F)c(F)c(F)c2F)c2c(F)c(F)c(F)c(F)c2F)c(F)c1F. The van der Waals surface area contributed by atoms with E-state index in [1.807, 2.05) is 0 Å². The van der Waals surface area contributed by atoms with Crippen LogP contribution in [-0.2, 0) is 6.54 Å². The molecule has 0 fully saturated rings. The molecule has 0 aromatic heterocycles. The van der Waals surface area contributed by atoms with Crippen molar-refractivity contribution < 1.29 is 92.7 Å². The minimum absolute atomic E-state index is 1.16. The zero-order chi connectivity index (χ0) is 44.9. The number of rotatable bonds is 8.